The third-order valence-electron chi connectivity index (χ3n) is 6.49. The minimum absolute atomic E-state index is 0.0691. The fourth-order valence-electron chi connectivity index (χ4n) is 4.27. The van der Waals surface area contributed by atoms with Gasteiger partial charge in [0.1, 0.15) is 5.60 Å². The Kier molecular flexibility index (Phi) is 9.72. The van der Waals surface area contributed by atoms with Crippen LogP contribution in [0.3, 0.4) is 0 Å². The zero-order valence-electron chi connectivity index (χ0n) is 19.5. The van der Waals surface area contributed by atoms with Gasteiger partial charge in [-0.15, -0.1) is 0 Å². The second kappa shape index (κ2) is 11.8. The van der Waals surface area contributed by atoms with E-state index >= 15 is 0 Å². The first-order valence-electron chi connectivity index (χ1n) is 12.0. The number of unbranched alkanes of at least 4 members (excludes halogenated alkanes) is 6. The Hall–Kier alpha value is -1.31. The predicted molar refractivity (Wildman–Crippen MR) is 123 cm³/mol. The van der Waals surface area contributed by atoms with Gasteiger partial charge in [-0.05, 0) is 86.8 Å². The van der Waals surface area contributed by atoms with Gasteiger partial charge < -0.3 is 4.74 Å². The standard InChI is InChI=1S/C27H44O2/c1-23-15-16-24(13-9-5-8-12-18-27(19-20-27)29-22-28)21-25(23)14-10-6-7-11-17-26(2,3)4/h15-16,21-22H,5-14,17-20H2,1-4H3. The Morgan fingerprint density at radius 2 is 1.59 bits per heavy atom. The van der Waals surface area contributed by atoms with Crippen molar-refractivity contribution in [2.45, 2.75) is 123 Å². The molecule has 0 saturated heterocycles. The van der Waals surface area contributed by atoms with Gasteiger partial charge in [-0.2, -0.15) is 0 Å². The van der Waals surface area contributed by atoms with Gasteiger partial charge in [0.15, 0.2) is 0 Å². The fourth-order valence-corrected chi connectivity index (χ4v) is 4.27. The summed E-state index contributed by atoms with van der Waals surface area (Å²) in [6.45, 7) is 9.91. The first-order chi connectivity index (χ1) is 13.8. The number of carbonyl (C=O) groups excluding carboxylic acids is 1. The molecule has 0 amide bonds. The van der Waals surface area contributed by atoms with Gasteiger partial charge in [-0.3, -0.25) is 4.79 Å². The third kappa shape index (κ3) is 9.83. The molecule has 2 nitrogen and oxygen atoms in total. The van der Waals surface area contributed by atoms with Crippen molar-refractivity contribution >= 4 is 6.47 Å². The summed E-state index contributed by atoms with van der Waals surface area (Å²) in [5.74, 6) is 0. The summed E-state index contributed by atoms with van der Waals surface area (Å²) in [5, 5.41) is 0. The van der Waals surface area contributed by atoms with E-state index in [4.69, 9.17) is 4.74 Å². The maximum absolute atomic E-state index is 10.5. The molecule has 1 aromatic carbocycles. The number of benzene rings is 1. The normalized spacial score (nSPS) is 15.3. The van der Waals surface area contributed by atoms with Crippen LogP contribution in [0.4, 0.5) is 0 Å². The van der Waals surface area contributed by atoms with Crippen molar-refractivity contribution in [2.75, 3.05) is 0 Å². The van der Waals surface area contributed by atoms with Crippen molar-refractivity contribution in [1.29, 1.82) is 0 Å². The maximum atomic E-state index is 10.5. The zero-order valence-corrected chi connectivity index (χ0v) is 19.5. The Balaban J connectivity index is 1.59. The minimum Gasteiger partial charge on any atom is -0.461 e. The number of aryl methyl sites for hydroxylation is 3. The van der Waals surface area contributed by atoms with Gasteiger partial charge in [0.05, 0.1) is 0 Å². The molecule has 0 N–H and O–H groups in total. The van der Waals surface area contributed by atoms with Crippen molar-refractivity contribution in [3.63, 3.8) is 0 Å². The van der Waals surface area contributed by atoms with Crippen molar-refractivity contribution in [3.05, 3.63) is 34.9 Å². The second-order valence-electron chi connectivity index (χ2n) is 10.5. The molecule has 1 aromatic rings. The number of rotatable bonds is 15. The molecule has 29 heavy (non-hydrogen) atoms. The molecule has 2 heteroatoms. The molecule has 1 aliphatic carbocycles. The van der Waals surface area contributed by atoms with Crippen molar-refractivity contribution in [1.82, 2.24) is 0 Å². The van der Waals surface area contributed by atoms with Gasteiger partial charge in [0, 0.05) is 0 Å². The molecular formula is C27H44O2. The molecule has 1 fully saturated rings. The summed E-state index contributed by atoms with van der Waals surface area (Å²) in [6.07, 6.45) is 17.3. The van der Waals surface area contributed by atoms with E-state index in [0.29, 0.717) is 11.9 Å². The number of ether oxygens (including phenoxy) is 1. The molecule has 0 unspecified atom stereocenters. The van der Waals surface area contributed by atoms with Crippen LogP contribution in [-0.4, -0.2) is 12.1 Å². The van der Waals surface area contributed by atoms with Crippen molar-refractivity contribution < 1.29 is 9.53 Å². The number of carbonyl (C=O) groups is 1. The van der Waals surface area contributed by atoms with Crippen molar-refractivity contribution in [3.8, 4) is 0 Å². The van der Waals surface area contributed by atoms with Crippen LogP contribution >= 0.6 is 0 Å². The largest absolute Gasteiger partial charge is 0.461 e. The monoisotopic (exact) mass is 400 g/mol. The molecule has 0 aromatic heterocycles. The van der Waals surface area contributed by atoms with E-state index in [1.54, 1.807) is 5.56 Å². The maximum Gasteiger partial charge on any atom is 0.293 e. The molecule has 164 valence electrons. The summed E-state index contributed by atoms with van der Waals surface area (Å²) in [5.41, 5.74) is 4.92. The second-order valence-corrected chi connectivity index (χ2v) is 10.5. The minimum atomic E-state index is -0.0691. The predicted octanol–water partition coefficient (Wildman–Crippen LogP) is 7.73. The highest BCUT2D eigenvalue weighted by Crippen LogP contribution is 2.43. The lowest BCUT2D eigenvalue weighted by atomic mass is 9.89. The first kappa shape index (κ1) is 24.0. The summed E-state index contributed by atoms with van der Waals surface area (Å²) in [7, 11) is 0. The quantitative estimate of drug-likeness (QED) is 0.222. The molecule has 0 atom stereocenters. The number of hydrogen-bond donors (Lipinski definition) is 0. The molecule has 1 saturated carbocycles. The SMILES string of the molecule is Cc1ccc(CCCCCCC2(OC=O)CC2)cc1CCCCCCC(C)(C)C. The van der Waals surface area contributed by atoms with Gasteiger partial charge in [0.25, 0.3) is 6.47 Å². The Morgan fingerprint density at radius 1 is 0.931 bits per heavy atom. The summed E-state index contributed by atoms with van der Waals surface area (Å²) < 4.78 is 5.23. The molecule has 2 rings (SSSR count). The van der Waals surface area contributed by atoms with E-state index < -0.39 is 0 Å². The van der Waals surface area contributed by atoms with E-state index in [1.807, 2.05) is 0 Å². The highest BCUT2D eigenvalue weighted by molar-refractivity contribution is 5.39. The van der Waals surface area contributed by atoms with Crippen LogP contribution in [0.5, 0.6) is 0 Å². The van der Waals surface area contributed by atoms with E-state index in [2.05, 4.69) is 45.9 Å². The molecule has 0 bridgehead atoms. The molecule has 0 heterocycles. The molecule has 0 aliphatic heterocycles. The lowest BCUT2D eigenvalue weighted by molar-refractivity contribution is -0.135. The zero-order chi connectivity index (χ0) is 21.2. The van der Waals surface area contributed by atoms with Gasteiger partial charge in [0.2, 0.25) is 0 Å². The highest BCUT2D eigenvalue weighted by Gasteiger charge is 2.44. The summed E-state index contributed by atoms with van der Waals surface area (Å²) >= 11 is 0. The van der Waals surface area contributed by atoms with Crippen LogP contribution in [0.15, 0.2) is 18.2 Å². The van der Waals surface area contributed by atoms with Crippen LogP contribution in [-0.2, 0) is 22.4 Å². The Labute approximate surface area is 179 Å². The number of hydrogen-bond acceptors (Lipinski definition) is 2. The van der Waals surface area contributed by atoms with E-state index in [-0.39, 0.29) is 5.60 Å². The molecule has 1 aliphatic rings. The Bertz CT molecular complexity index is 607. The topological polar surface area (TPSA) is 26.3 Å². The third-order valence-corrected chi connectivity index (χ3v) is 6.49. The van der Waals surface area contributed by atoms with Crippen LogP contribution in [0.25, 0.3) is 0 Å². The van der Waals surface area contributed by atoms with Gasteiger partial charge in [-0.1, -0.05) is 71.1 Å². The fraction of sp³-hybridized carbons (Fsp3) is 0.741. The smallest absolute Gasteiger partial charge is 0.293 e. The highest BCUT2D eigenvalue weighted by atomic mass is 16.5. The average molecular weight is 401 g/mol. The van der Waals surface area contributed by atoms with Gasteiger partial charge in [-0.25, -0.2) is 0 Å². The van der Waals surface area contributed by atoms with E-state index in [1.165, 1.54) is 81.8 Å². The van der Waals surface area contributed by atoms with Crippen LogP contribution in [0.2, 0.25) is 0 Å². The lowest BCUT2D eigenvalue weighted by Crippen LogP contribution is -2.12. The van der Waals surface area contributed by atoms with E-state index in [9.17, 15) is 4.79 Å². The average Bonchev–Trinajstić information content (AvgIpc) is 3.42. The van der Waals surface area contributed by atoms with Crippen molar-refractivity contribution in [2.24, 2.45) is 5.41 Å². The Morgan fingerprint density at radius 3 is 2.24 bits per heavy atom. The van der Waals surface area contributed by atoms with E-state index in [0.717, 1.165) is 19.3 Å². The molecular weight excluding hydrogens is 356 g/mol. The van der Waals surface area contributed by atoms with Gasteiger partial charge >= 0.3 is 0 Å². The van der Waals surface area contributed by atoms with Crippen LogP contribution in [0.1, 0.15) is 115 Å². The molecule has 0 radical (unpaired) electrons. The van der Waals surface area contributed by atoms with Crippen LogP contribution in [0, 0.1) is 12.3 Å². The lowest BCUT2D eigenvalue weighted by Gasteiger charge is -2.17. The first-order valence-corrected chi connectivity index (χ1v) is 12.0. The summed E-state index contributed by atoms with van der Waals surface area (Å²) in [6, 6.07) is 7.10. The summed E-state index contributed by atoms with van der Waals surface area (Å²) in [4.78, 5) is 10.5. The molecule has 0 spiro atoms. The van der Waals surface area contributed by atoms with Crippen LogP contribution < -0.4 is 0 Å².